The van der Waals surface area contributed by atoms with Crippen LogP contribution < -0.4 is 0 Å². The molecule has 0 aromatic carbocycles. The zero-order chi connectivity index (χ0) is 11.8. The lowest BCUT2D eigenvalue weighted by Crippen LogP contribution is -2.09. The first-order valence-corrected chi connectivity index (χ1v) is 4.90. The number of pyridine rings is 1. The van der Waals surface area contributed by atoms with E-state index in [2.05, 4.69) is 4.98 Å². The molecule has 0 aliphatic heterocycles. The summed E-state index contributed by atoms with van der Waals surface area (Å²) < 4.78 is 60.8. The maximum absolute atomic E-state index is 12.2. The topological polar surface area (TPSA) is 12.9 Å². The maximum Gasteiger partial charge on any atom is 0.419 e. The van der Waals surface area contributed by atoms with E-state index in [1.807, 2.05) is 0 Å². The molecule has 1 aromatic rings. The molecule has 0 atom stereocenters. The second-order valence-electron chi connectivity index (χ2n) is 2.48. The summed E-state index contributed by atoms with van der Waals surface area (Å²) in [5.74, 6) is 0. The van der Waals surface area contributed by atoms with Crippen LogP contribution in [0.15, 0.2) is 6.20 Å². The minimum absolute atomic E-state index is 0.311. The van der Waals surface area contributed by atoms with Crippen molar-refractivity contribution in [3.8, 4) is 0 Å². The van der Waals surface area contributed by atoms with Crippen LogP contribution in [0.5, 0.6) is 0 Å². The molecule has 0 aliphatic carbocycles. The first-order chi connectivity index (χ1) is 6.75. The molecule has 0 aliphatic rings. The Bertz CT molecular complexity index is 378. The van der Waals surface area contributed by atoms with Gasteiger partial charge in [-0.15, -0.1) is 0 Å². The van der Waals surface area contributed by atoms with E-state index in [1.165, 1.54) is 22.6 Å². The molecule has 0 amide bonds. The van der Waals surface area contributed by atoms with Gasteiger partial charge in [0.25, 0.3) is 6.43 Å². The fraction of sp³-hybridized carbons (Fsp3) is 0.286. The van der Waals surface area contributed by atoms with Crippen molar-refractivity contribution in [2.75, 3.05) is 0 Å². The maximum atomic E-state index is 12.2. The second kappa shape index (κ2) is 4.36. The quantitative estimate of drug-likeness (QED) is 0.540. The smallest absolute Gasteiger partial charge is 0.253 e. The van der Waals surface area contributed by atoms with Crippen LogP contribution >= 0.6 is 34.2 Å². The first-order valence-electron chi connectivity index (χ1n) is 3.44. The van der Waals surface area contributed by atoms with Crippen molar-refractivity contribution in [2.45, 2.75) is 12.6 Å². The monoisotopic (exact) mass is 357 g/mol. The molecule has 0 radical (unpaired) electrons. The molecule has 8 heteroatoms. The number of alkyl halides is 5. The summed E-state index contributed by atoms with van der Waals surface area (Å²) in [5, 5.41) is -0.742. The third kappa shape index (κ3) is 2.68. The highest BCUT2D eigenvalue weighted by molar-refractivity contribution is 14.1. The highest BCUT2D eigenvalue weighted by atomic mass is 127. The number of rotatable bonds is 1. The van der Waals surface area contributed by atoms with Crippen molar-refractivity contribution in [3.05, 3.63) is 26.0 Å². The normalized spacial score (nSPS) is 12.3. The van der Waals surface area contributed by atoms with Gasteiger partial charge in [0.15, 0.2) is 0 Å². The van der Waals surface area contributed by atoms with Crippen LogP contribution in [0.4, 0.5) is 22.0 Å². The molecule has 84 valence electrons. The summed E-state index contributed by atoms with van der Waals surface area (Å²) in [7, 11) is 0. The molecule has 1 aromatic heterocycles. The van der Waals surface area contributed by atoms with E-state index in [9.17, 15) is 22.0 Å². The van der Waals surface area contributed by atoms with Crippen LogP contribution in [0.3, 0.4) is 0 Å². The van der Waals surface area contributed by atoms with E-state index >= 15 is 0 Å². The lowest BCUT2D eigenvalue weighted by molar-refractivity contribution is -0.137. The molecular formula is C7H2ClF5IN. The fourth-order valence-electron chi connectivity index (χ4n) is 0.828. The zero-order valence-corrected chi connectivity index (χ0v) is 9.66. The molecule has 0 saturated heterocycles. The van der Waals surface area contributed by atoms with Gasteiger partial charge in [0, 0.05) is 6.20 Å². The minimum Gasteiger partial charge on any atom is -0.253 e. The SMILES string of the molecule is FC(F)c1ncc(C(F)(F)F)c(Cl)c1I. The standard InChI is InChI=1S/C7H2ClF5IN/c8-3-2(7(11,12)13)1-15-5(4(3)14)6(9)10/h1,6H. The van der Waals surface area contributed by atoms with E-state index in [0.717, 1.165) is 0 Å². The van der Waals surface area contributed by atoms with E-state index < -0.39 is 28.9 Å². The number of hydrogen-bond donors (Lipinski definition) is 0. The Morgan fingerprint density at radius 3 is 2.27 bits per heavy atom. The molecule has 0 fully saturated rings. The van der Waals surface area contributed by atoms with Crippen LogP contribution in [0.2, 0.25) is 5.02 Å². The average molecular weight is 357 g/mol. The van der Waals surface area contributed by atoms with Crippen LogP contribution in [0.25, 0.3) is 0 Å². The van der Waals surface area contributed by atoms with Crippen LogP contribution in [0, 0.1) is 3.57 Å². The summed E-state index contributed by atoms with van der Waals surface area (Å²) in [6.45, 7) is 0. The van der Waals surface area contributed by atoms with Crippen molar-refractivity contribution >= 4 is 34.2 Å². The third-order valence-electron chi connectivity index (χ3n) is 1.50. The van der Waals surface area contributed by atoms with Crippen molar-refractivity contribution < 1.29 is 22.0 Å². The van der Waals surface area contributed by atoms with Gasteiger partial charge in [-0.1, -0.05) is 11.6 Å². The number of aromatic nitrogens is 1. The van der Waals surface area contributed by atoms with Gasteiger partial charge in [0.2, 0.25) is 0 Å². The second-order valence-corrected chi connectivity index (χ2v) is 3.94. The van der Waals surface area contributed by atoms with Crippen LogP contribution in [-0.2, 0) is 6.18 Å². The third-order valence-corrected chi connectivity index (χ3v) is 3.30. The Morgan fingerprint density at radius 2 is 1.87 bits per heavy atom. The van der Waals surface area contributed by atoms with E-state index in [4.69, 9.17) is 11.6 Å². The average Bonchev–Trinajstić information content (AvgIpc) is 2.06. The van der Waals surface area contributed by atoms with Gasteiger partial charge in [-0.25, -0.2) is 8.78 Å². The van der Waals surface area contributed by atoms with Crippen molar-refractivity contribution in [1.82, 2.24) is 4.98 Å². The van der Waals surface area contributed by atoms with Crippen molar-refractivity contribution in [3.63, 3.8) is 0 Å². The van der Waals surface area contributed by atoms with Gasteiger partial charge in [-0.3, -0.25) is 4.98 Å². The first kappa shape index (κ1) is 12.9. The van der Waals surface area contributed by atoms with Gasteiger partial charge in [0.05, 0.1) is 14.2 Å². The number of nitrogens with zero attached hydrogens (tertiary/aromatic N) is 1. The summed E-state index contributed by atoms with van der Waals surface area (Å²) in [6, 6.07) is 0. The summed E-state index contributed by atoms with van der Waals surface area (Å²) in [6.07, 6.45) is -7.33. The van der Waals surface area contributed by atoms with Gasteiger partial charge >= 0.3 is 6.18 Å². The Balaban J connectivity index is 3.34. The Morgan fingerprint density at radius 1 is 1.33 bits per heavy atom. The van der Waals surface area contributed by atoms with Gasteiger partial charge in [-0.05, 0) is 22.6 Å². The molecule has 15 heavy (non-hydrogen) atoms. The van der Waals surface area contributed by atoms with Gasteiger partial charge in [-0.2, -0.15) is 13.2 Å². The Kier molecular flexibility index (Phi) is 3.75. The summed E-state index contributed by atoms with van der Waals surface area (Å²) in [5.41, 5.74) is -1.95. The molecule has 1 nitrogen and oxygen atoms in total. The van der Waals surface area contributed by atoms with Crippen LogP contribution in [0.1, 0.15) is 17.7 Å². The molecule has 1 rings (SSSR count). The highest BCUT2D eigenvalue weighted by Crippen LogP contribution is 2.38. The summed E-state index contributed by atoms with van der Waals surface area (Å²) in [4.78, 5) is 3.04. The molecule has 0 N–H and O–H groups in total. The lowest BCUT2D eigenvalue weighted by Gasteiger charge is -2.11. The summed E-state index contributed by atoms with van der Waals surface area (Å²) >= 11 is 6.64. The van der Waals surface area contributed by atoms with Gasteiger partial charge < -0.3 is 0 Å². The van der Waals surface area contributed by atoms with E-state index in [1.54, 1.807) is 0 Å². The van der Waals surface area contributed by atoms with Crippen LogP contribution in [-0.4, -0.2) is 4.98 Å². The van der Waals surface area contributed by atoms with Crippen molar-refractivity contribution in [1.29, 1.82) is 0 Å². The van der Waals surface area contributed by atoms with E-state index in [0.29, 0.717) is 6.20 Å². The largest absolute Gasteiger partial charge is 0.419 e. The lowest BCUT2D eigenvalue weighted by atomic mass is 10.2. The highest BCUT2D eigenvalue weighted by Gasteiger charge is 2.35. The molecule has 0 spiro atoms. The molecular weight excluding hydrogens is 355 g/mol. The molecule has 0 unspecified atom stereocenters. The molecule has 0 bridgehead atoms. The zero-order valence-electron chi connectivity index (χ0n) is 6.75. The number of hydrogen-bond acceptors (Lipinski definition) is 1. The Hall–Kier alpha value is -0.180. The molecule has 0 saturated carbocycles. The van der Waals surface area contributed by atoms with Crippen molar-refractivity contribution in [2.24, 2.45) is 0 Å². The molecule has 1 heterocycles. The predicted octanol–water partition coefficient (Wildman–Crippen LogP) is 4.30. The fourth-order valence-corrected chi connectivity index (χ4v) is 1.75. The number of halogens is 7. The predicted molar refractivity (Wildman–Crippen MR) is 51.9 cm³/mol. The Labute approximate surface area is 99.8 Å². The van der Waals surface area contributed by atoms with E-state index in [-0.39, 0.29) is 3.57 Å². The van der Waals surface area contributed by atoms with Gasteiger partial charge in [0.1, 0.15) is 5.69 Å². The minimum atomic E-state index is -4.69.